The first kappa shape index (κ1) is 17.4. The molecule has 0 bridgehead atoms. The molecule has 0 aliphatic carbocycles. The van der Waals surface area contributed by atoms with Gasteiger partial charge in [0.05, 0.1) is 12.8 Å². The summed E-state index contributed by atoms with van der Waals surface area (Å²) >= 11 is 0. The van der Waals surface area contributed by atoms with Gasteiger partial charge in [-0.25, -0.2) is 14.2 Å². The van der Waals surface area contributed by atoms with E-state index in [-0.39, 0.29) is 6.61 Å². The molecule has 2 aromatic carbocycles. The highest BCUT2D eigenvalue weighted by molar-refractivity contribution is 5.82. The van der Waals surface area contributed by atoms with Crippen molar-refractivity contribution >= 4 is 12.1 Å². The number of benzene rings is 2. The van der Waals surface area contributed by atoms with Gasteiger partial charge < -0.3 is 9.47 Å². The summed E-state index contributed by atoms with van der Waals surface area (Å²) in [6.45, 7) is 2.22. The van der Waals surface area contributed by atoms with Gasteiger partial charge in [-0.3, -0.25) is 4.79 Å². The van der Waals surface area contributed by atoms with Crippen molar-refractivity contribution in [1.29, 1.82) is 0 Å². The first-order chi connectivity index (χ1) is 11.6. The molecule has 1 amide bonds. The molecule has 0 aromatic heterocycles. The zero-order chi connectivity index (χ0) is 17.4. The van der Waals surface area contributed by atoms with Crippen molar-refractivity contribution in [3.05, 3.63) is 59.7 Å². The van der Waals surface area contributed by atoms with Crippen LogP contribution in [0.15, 0.2) is 47.6 Å². The number of nitrogens with zero attached hydrogens (tertiary/aromatic N) is 1. The molecule has 0 aliphatic heterocycles. The number of rotatable bonds is 7. The molecule has 1 N–H and O–H groups in total. The summed E-state index contributed by atoms with van der Waals surface area (Å²) in [6, 6.07) is 10.1. The minimum atomic E-state index is -0.982. The quantitative estimate of drug-likeness (QED) is 0.626. The molecule has 0 unspecified atom stereocenters. The summed E-state index contributed by atoms with van der Waals surface area (Å²) in [5, 5.41) is 3.65. The van der Waals surface area contributed by atoms with Crippen LogP contribution in [-0.4, -0.2) is 25.3 Å². The maximum absolute atomic E-state index is 13.0. The molecule has 24 heavy (non-hydrogen) atoms. The Balaban J connectivity index is 1.78. The van der Waals surface area contributed by atoms with E-state index < -0.39 is 17.5 Å². The summed E-state index contributed by atoms with van der Waals surface area (Å²) in [5.74, 6) is -1.18. The Morgan fingerprint density at radius 2 is 1.75 bits per heavy atom. The van der Waals surface area contributed by atoms with Crippen molar-refractivity contribution < 1.29 is 23.0 Å². The van der Waals surface area contributed by atoms with Crippen LogP contribution in [0.1, 0.15) is 12.5 Å². The third-order valence-corrected chi connectivity index (χ3v) is 2.85. The van der Waals surface area contributed by atoms with Crippen molar-refractivity contribution in [2.45, 2.75) is 6.92 Å². The molecule has 5 nitrogen and oxygen atoms in total. The van der Waals surface area contributed by atoms with Crippen LogP contribution < -0.4 is 14.9 Å². The van der Waals surface area contributed by atoms with Crippen LogP contribution in [0.25, 0.3) is 0 Å². The molecule has 126 valence electrons. The molecule has 0 spiro atoms. The Hall–Kier alpha value is -2.96. The number of ether oxygens (including phenoxy) is 2. The van der Waals surface area contributed by atoms with E-state index in [2.05, 4.69) is 10.5 Å². The number of nitrogens with one attached hydrogen (secondary N) is 1. The van der Waals surface area contributed by atoms with Crippen molar-refractivity contribution in [2.24, 2.45) is 5.10 Å². The standard InChI is InChI=1S/C17H16F2N2O3/c1-2-23-13-4-6-14(7-5-13)24-11-17(22)21-20-10-12-3-8-15(18)16(19)9-12/h3-10H,2,11H2,1H3,(H,21,22)/b20-10-. The Bertz CT molecular complexity index is 718. The Labute approximate surface area is 137 Å². The summed E-state index contributed by atoms with van der Waals surface area (Å²) in [6.07, 6.45) is 1.21. The summed E-state index contributed by atoms with van der Waals surface area (Å²) in [4.78, 5) is 11.6. The lowest BCUT2D eigenvalue weighted by Crippen LogP contribution is -2.24. The van der Waals surface area contributed by atoms with Gasteiger partial charge in [-0.1, -0.05) is 6.07 Å². The third kappa shape index (κ3) is 5.35. The number of carbonyl (C=O) groups excluding carboxylic acids is 1. The average Bonchev–Trinajstić information content (AvgIpc) is 2.58. The van der Waals surface area contributed by atoms with E-state index in [0.29, 0.717) is 23.7 Å². The fourth-order valence-corrected chi connectivity index (χ4v) is 1.75. The van der Waals surface area contributed by atoms with Crippen molar-refractivity contribution in [3.63, 3.8) is 0 Å². The SMILES string of the molecule is CCOc1ccc(OCC(=O)N/N=C\c2ccc(F)c(F)c2)cc1. The second-order valence-corrected chi connectivity index (χ2v) is 4.66. The molecule has 0 radical (unpaired) electrons. The van der Waals surface area contributed by atoms with Crippen LogP contribution in [-0.2, 0) is 4.79 Å². The molecule has 0 atom stereocenters. The molecule has 2 aromatic rings. The molecule has 0 saturated heterocycles. The van der Waals surface area contributed by atoms with Gasteiger partial charge in [0, 0.05) is 0 Å². The van der Waals surface area contributed by atoms with Crippen LogP contribution in [0, 0.1) is 11.6 Å². The smallest absolute Gasteiger partial charge is 0.277 e. The van der Waals surface area contributed by atoms with E-state index in [0.717, 1.165) is 12.1 Å². The van der Waals surface area contributed by atoms with E-state index in [9.17, 15) is 13.6 Å². The molecular formula is C17H16F2N2O3. The minimum Gasteiger partial charge on any atom is -0.494 e. The maximum atomic E-state index is 13.0. The Morgan fingerprint density at radius 3 is 2.38 bits per heavy atom. The van der Waals surface area contributed by atoms with Gasteiger partial charge in [0.1, 0.15) is 11.5 Å². The van der Waals surface area contributed by atoms with Gasteiger partial charge in [-0.15, -0.1) is 0 Å². The van der Waals surface area contributed by atoms with Gasteiger partial charge in [0.25, 0.3) is 5.91 Å². The van der Waals surface area contributed by atoms with Gasteiger partial charge in [-0.05, 0) is 48.9 Å². The first-order valence-corrected chi connectivity index (χ1v) is 7.21. The van der Waals surface area contributed by atoms with E-state index in [1.54, 1.807) is 24.3 Å². The zero-order valence-electron chi connectivity index (χ0n) is 13.0. The van der Waals surface area contributed by atoms with Gasteiger partial charge >= 0.3 is 0 Å². The topological polar surface area (TPSA) is 59.9 Å². The lowest BCUT2D eigenvalue weighted by atomic mass is 10.2. The summed E-state index contributed by atoms with van der Waals surface area (Å²) < 4.78 is 36.3. The zero-order valence-corrected chi connectivity index (χ0v) is 13.0. The number of carbonyl (C=O) groups is 1. The molecule has 0 heterocycles. The Kier molecular flexibility index (Phi) is 6.24. The van der Waals surface area contributed by atoms with Gasteiger partial charge in [0.2, 0.25) is 0 Å². The Morgan fingerprint density at radius 1 is 1.08 bits per heavy atom. The molecule has 0 aliphatic rings. The number of hydrogen-bond acceptors (Lipinski definition) is 4. The second-order valence-electron chi connectivity index (χ2n) is 4.66. The number of hydrogen-bond donors (Lipinski definition) is 1. The van der Waals surface area contributed by atoms with Gasteiger partial charge in [0.15, 0.2) is 18.2 Å². The molecule has 0 saturated carbocycles. The predicted molar refractivity (Wildman–Crippen MR) is 85.2 cm³/mol. The van der Waals surface area contributed by atoms with Crippen LogP contribution >= 0.6 is 0 Å². The highest BCUT2D eigenvalue weighted by atomic mass is 19.2. The van der Waals surface area contributed by atoms with Crippen LogP contribution in [0.4, 0.5) is 8.78 Å². The van der Waals surface area contributed by atoms with Crippen molar-refractivity contribution in [3.8, 4) is 11.5 Å². The third-order valence-electron chi connectivity index (χ3n) is 2.85. The van der Waals surface area contributed by atoms with E-state index in [1.807, 2.05) is 6.92 Å². The monoisotopic (exact) mass is 334 g/mol. The van der Waals surface area contributed by atoms with Crippen molar-refractivity contribution in [2.75, 3.05) is 13.2 Å². The highest BCUT2D eigenvalue weighted by Gasteiger charge is 2.03. The highest BCUT2D eigenvalue weighted by Crippen LogP contribution is 2.17. The van der Waals surface area contributed by atoms with E-state index >= 15 is 0 Å². The largest absolute Gasteiger partial charge is 0.494 e. The number of amides is 1. The fraction of sp³-hybridized carbons (Fsp3) is 0.176. The van der Waals surface area contributed by atoms with Crippen LogP contribution in [0.5, 0.6) is 11.5 Å². The molecular weight excluding hydrogens is 318 g/mol. The lowest BCUT2D eigenvalue weighted by Gasteiger charge is -2.06. The lowest BCUT2D eigenvalue weighted by molar-refractivity contribution is -0.123. The van der Waals surface area contributed by atoms with Crippen molar-refractivity contribution in [1.82, 2.24) is 5.43 Å². The van der Waals surface area contributed by atoms with Crippen LogP contribution in [0.3, 0.4) is 0 Å². The molecule has 2 rings (SSSR count). The fourth-order valence-electron chi connectivity index (χ4n) is 1.75. The number of halogens is 2. The first-order valence-electron chi connectivity index (χ1n) is 7.21. The predicted octanol–water partition coefficient (Wildman–Crippen LogP) is 2.89. The molecule has 7 heteroatoms. The molecule has 0 fully saturated rings. The number of hydrazone groups is 1. The van der Waals surface area contributed by atoms with Crippen LogP contribution in [0.2, 0.25) is 0 Å². The van der Waals surface area contributed by atoms with E-state index in [4.69, 9.17) is 9.47 Å². The average molecular weight is 334 g/mol. The summed E-state index contributed by atoms with van der Waals surface area (Å²) in [5.41, 5.74) is 2.55. The van der Waals surface area contributed by atoms with Gasteiger partial charge in [-0.2, -0.15) is 5.10 Å². The maximum Gasteiger partial charge on any atom is 0.277 e. The second kappa shape index (κ2) is 8.61. The summed E-state index contributed by atoms with van der Waals surface area (Å²) in [7, 11) is 0. The van der Waals surface area contributed by atoms with E-state index in [1.165, 1.54) is 12.3 Å². The minimum absolute atomic E-state index is 0.233. The normalized spacial score (nSPS) is 10.6.